The first kappa shape index (κ1) is 26.3. The minimum Gasteiger partial charge on any atom is -0.493 e. The van der Waals surface area contributed by atoms with Crippen LogP contribution in [0.15, 0.2) is 61.1 Å². The number of methoxy groups -OCH3 is 1. The van der Waals surface area contributed by atoms with Gasteiger partial charge in [0.15, 0.2) is 0 Å². The highest BCUT2D eigenvalue weighted by Gasteiger charge is 2.31. The van der Waals surface area contributed by atoms with Crippen molar-refractivity contribution < 1.29 is 28.8 Å². The van der Waals surface area contributed by atoms with Crippen molar-refractivity contribution in [1.29, 1.82) is 0 Å². The van der Waals surface area contributed by atoms with E-state index >= 15 is 0 Å². The molecule has 1 unspecified atom stereocenters. The Kier molecular flexibility index (Phi) is 8.31. The van der Waals surface area contributed by atoms with E-state index in [1.54, 1.807) is 0 Å². The number of hydrogen-bond acceptors (Lipinski definition) is 8. The summed E-state index contributed by atoms with van der Waals surface area (Å²) in [4.78, 5) is 56.3. The van der Waals surface area contributed by atoms with Crippen molar-refractivity contribution in [3.8, 4) is 5.75 Å². The standard InChI is InChI=1S/C26H27N5O7/c1-37-26(34)22(11-18-13-27-15-28-18)30-25(33)21(9-16-5-3-2-4-6-16)29-24(32)10-17-14-38-23-8-7-19(31(35)36)12-20(17)23/h2-8,12-13,15,17,21-22H,9-11,14H2,1H3,(H,27,28)(H,29,32)(H,30,33)/t17?,21-,22-/m0/s1. The number of nitrogens with zero attached hydrogens (tertiary/aromatic N) is 2. The second kappa shape index (κ2) is 12.0. The third kappa shape index (κ3) is 6.52. The molecule has 4 rings (SSSR count). The summed E-state index contributed by atoms with van der Waals surface area (Å²) in [6, 6.07) is 11.4. The van der Waals surface area contributed by atoms with Gasteiger partial charge in [-0.3, -0.25) is 19.7 Å². The summed E-state index contributed by atoms with van der Waals surface area (Å²) in [5, 5.41) is 16.6. The number of nitro groups is 1. The van der Waals surface area contributed by atoms with Crippen molar-refractivity contribution in [3.63, 3.8) is 0 Å². The largest absolute Gasteiger partial charge is 0.493 e. The van der Waals surface area contributed by atoms with Crippen LogP contribution in [0, 0.1) is 10.1 Å². The molecule has 3 N–H and O–H groups in total. The van der Waals surface area contributed by atoms with Gasteiger partial charge < -0.3 is 25.1 Å². The van der Waals surface area contributed by atoms with E-state index in [0.29, 0.717) is 17.0 Å². The summed E-state index contributed by atoms with van der Waals surface area (Å²) >= 11 is 0. The lowest BCUT2D eigenvalue weighted by Crippen LogP contribution is -2.53. The topological polar surface area (TPSA) is 166 Å². The Bertz CT molecular complexity index is 1300. The summed E-state index contributed by atoms with van der Waals surface area (Å²) in [6.45, 7) is 0.189. The number of hydrogen-bond donors (Lipinski definition) is 3. The lowest BCUT2D eigenvalue weighted by atomic mass is 9.96. The second-order valence-electron chi connectivity index (χ2n) is 8.87. The number of amides is 2. The van der Waals surface area contributed by atoms with Gasteiger partial charge in [0.05, 0.1) is 25.0 Å². The first-order chi connectivity index (χ1) is 18.3. The number of aromatic nitrogens is 2. The first-order valence-corrected chi connectivity index (χ1v) is 11.9. The highest BCUT2D eigenvalue weighted by Crippen LogP contribution is 2.38. The van der Waals surface area contributed by atoms with Gasteiger partial charge in [-0.25, -0.2) is 9.78 Å². The molecule has 0 bridgehead atoms. The molecule has 0 spiro atoms. The van der Waals surface area contributed by atoms with E-state index < -0.39 is 40.7 Å². The van der Waals surface area contributed by atoms with Crippen LogP contribution in [-0.2, 0) is 32.0 Å². The van der Waals surface area contributed by atoms with Gasteiger partial charge in [-0.15, -0.1) is 0 Å². The van der Waals surface area contributed by atoms with Crippen LogP contribution in [0.4, 0.5) is 5.69 Å². The van der Waals surface area contributed by atoms with Gasteiger partial charge in [0.2, 0.25) is 11.8 Å². The summed E-state index contributed by atoms with van der Waals surface area (Å²) in [5.74, 6) is -1.55. The molecular weight excluding hydrogens is 494 g/mol. The van der Waals surface area contributed by atoms with Crippen molar-refractivity contribution in [2.45, 2.75) is 37.3 Å². The number of nitrogens with one attached hydrogen (secondary N) is 3. The SMILES string of the molecule is COC(=O)[C@H](Cc1cnc[nH]1)NC(=O)[C@H](Cc1ccccc1)NC(=O)CC1COc2ccc([N+](=O)[O-])cc21. The van der Waals surface area contributed by atoms with Crippen LogP contribution in [0.3, 0.4) is 0 Å². The molecule has 0 aliphatic carbocycles. The number of carbonyl (C=O) groups is 3. The van der Waals surface area contributed by atoms with Gasteiger partial charge in [0.25, 0.3) is 5.69 Å². The van der Waals surface area contributed by atoms with Gasteiger partial charge in [-0.1, -0.05) is 30.3 Å². The molecule has 38 heavy (non-hydrogen) atoms. The number of rotatable bonds is 11. The quantitative estimate of drug-likeness (QED) is 0.195. The highest BCUT2D eigenvalue weighted by molar-refractivity contribution is 5.91. The van der Waals surface area contributed by atoms with Gasteiger partial charge in [-0.2, -0.15) is 0 Å². The number of ether oxygens (including phenoxy) is 2. The van der Waals surface area contributed by atoms with E-state index in [1.165, 1.54) is 37.8 Å². The zero-order valence-electron chi connectivity index (χ0n) is 20.6. The minimum absolute atomic E-state index is 0.0404. The zero-order valence-corrected chi connectivity index (χ0v) is 20.6. The van der Waals surface area contributed by atoms with Crippen molar-refractivity contribution in [3.05, 3.63) is 88.0 Å². The number of imidazole rings is 1. The Morgan fingerprint density at radius 1 is 1.16 bits per heavy atom. The number of aromatic amines is 1. The first-order valence-electron chi connectivity index (χ1n) is 11.9. The van der Waals surface area contributed by atoms with Crippen molar-refractivity contribution in [2.75, 3.05) is 13.7 Å². The van der Waals surface area contributed by atoms with E-state index in [0.717, 1.165) is 5.56 Å². The van der Waals surface area contributed by atoms with E-state index in [4.69, 9.17) is 9.47 Å². The van der Waals surface area contributed by atoms with Gasteiger partial charge >= 0.3 is 5.97 Å². The fourth-order valence-electron chi connectivity index (χ4n) is 4.31. The van der Waals surface area contributed by atoms with Crippen molar-refractivity contribution in [2.24, 2.45) is 0 Å². The van der Waals surface area contributed by atoms with Crippen LogP contribution in [0.1, 0.15) is 29.2 Å². The Morgan fingerprint density at radius 3 is 2.63 bits per heavy atom. The van der Waals surface area contributed by atoms with Gasteiger partial charge in [0, 0.05) is 54.8 Å². The number of fused-ring (bicyclic) bond motifs is 1. The monoisotopic (exact) mass is 521 g/mol. The number of esters is 1. The van der Waals surface area contributed by atoms with E-state index in [2.05, 4.69) is 20.6 Å². The lowest BCUT2D eigenvalue weighted by molar-refractivity contribution is -0.384. The van der Waals surface area contributed by atoms with Crippen LogP contribution < -0.4 is 15.4 Å². The summed E-state index contributed by atoms with van der Waals surface area (Å²) in [6.07, 6.45) is 3.26. The predicted molar refractivity (Wildman–Crippen MR) is 134 cm³/mol. The summed E-state index contributed by atoms with van der Waals surface area (Å²) in [7, 11) is 1.23. The Morgan fingerprint density at radius 2 is 1.95 bits per heavy atom. The molecule has 1 aromatic heterocycles. The van der Waals surface area contributed by atoms with Crippen LogP contribution >= 0.6 is 0 Å². The predicted octanol–water partition coefficient (Wildman–Crippen LogP) is 1.81. The molecule has 12 nitrogen and oxygen atoms in total. The molecular formula is C26H27N5O7. The maximum absolute atomic E-state index is 13.3. The van der Waals surface area contributed by atoms with Crippen LogP contribution in [0.5, 0.6) is 5.75 Å². The molecule has 12 heteroatoms. The zero-order chi connectivity index (χ0) is 27.1. The summed E-state index contributed by atoms with van der Waals surface area (Å²) in [5.41, 5.74) is 1.91. The molecule has 0 saturated carbocycles. The van der Waals surface area contributed by atoms with Crippen LogP contribution in [0.2, 0.25) is 0 Å². The van der Waals surface area contributed by atoms with Crippen LogP contribution in [-0.4, -0.2) is 58.5 Å². The maximum Gasteiger partial charge on any atom is 0.328 e. The Hall–Kier alpha value is -4.74. The smallest absolute Gasteiger partial charge is 0.328 e. The molecule has 2 heterocycles. The van der Waals surface area contributed by atoms with Crippen molar-refractivity contribution >= 4 is 23.5 Å². The number of H-pyrrole nitrogens is 1. The molecule has 2 aromatic carbocycles. The van der Waals surface area contributed by atoms with Crippen LogP contribution in [0.25, 0.3) is 0 Å². The van der Waals surface area contributed by atoms with Gasteiger partial charge in [-0.05, 0) is 11.6 Å². The van der Waals surface area contributed by atoms with Crippen molar-refractivity contribution in [1.82, 2.24) is 20.6 Å². The number of carbonyl (C=O) groups excluding carboxylic acids is 3. The fourth-order valence-corrected chi connectivity index (χ4v) is 4.31. The van der Waals surface area contributed by atoms with Gasteiger partial charge in [0.1, 0.15) is 17.8 Å². The average Bonchev–Trinajstić information content (AvgIpc) is 3.57. The average molecular weight is 522 g/mol. The molecule has 198 valence electrons. The van der Waals surface area contributed by atoms with E-state index in [1.807, 2.05) is 30.3 Å². The number of non-ortho nitro benzene ring substituents is 1. The fraction of sp³-hybridized carbons (Fsp3) is 0.308. The maximum atomic E-state index is 13.3. The van der Waals surface area contributed by atoms with E-state index in [-0.39, 0.29) is 31.6 Å². The number of benzene rings is 2. The Balaban J connectivity index is 1.48. The lowest BCUT2D eigenvalue weighted by Gasteiger charge is -2.23. The Labute approximate surface area is 217 Å². The third-order valence-electron chi connectivity index (χ3n) is 6.23. The summed E-state index contributed by atoms with van der Waals surface area (Å²) < 4.78 is 10.4. The second-order valence-corrected chi connectivity index (χ2v) is 8.87. The molecule has 0 fully saturated rings. The molecule has 0 radical (unpaired) electrons. The molecule has 3 aromatic rings. The van der Waals surface area contributed by atoms with E-state index in [9.17, 15) is 24.5 Å². The molecule has 3 atom stereocenters. The molecule has 2 amide bonds. The highest BCUT2D eigenvalue weighted by atomic mass is 16.6. The third-order valence-corrected chi connectivity index (χ3v) is 6.23. The number of nitro benzene ring substituents is 1. The molecule has 1 aliphatic heterocycles. The minimum atomic E-state index is -1.00. The molecule has 1 aliphatic rings. The molecule has 0 saturated heterocycles. The normalized spacial score (nSPS) is 15.4.